The maximum atomic E-state index is 13.5. The number of nitrogens with one attached hydrogen (secondary N) is 1. The van der Waals surface area contributed by atoms with Crippen LogP contribution in [-0.2, 0) is 40.0 Å². The lowest BCUT2D eigenvalue weighted by Crippen LogP contribution is -2.29. The Labute approximate surface area is 220 Å². The van der Waals surface area contributed by atoms with Gasteiger partial charge >= 0.3 is 11.9 Å². The van der Waals surface area contributed by atoms with E-state index in [-0.39, 0.29) is 5.41 Å². The van der Waals surface area contributed by atoms with Crippen LogP contribution in [0.4, 0.5) is 5.00 Å². The van der Waals surface area contributed by atoms with Crippen LogP contribution in [0.3, 0.4) is 0 Å². The quantitative estimate of drug-likeness (QED) is 0.445. The summed E-state index contributed by atoms with van der Waals surface area (Å²) >= 11 is 1.39. The van der Waals surface area contributed by atoms with Crippen molar-refractivity contribution in [3.05, 3.63) is 57.1 Å². The van der Waals surface area contributed by atoms with Crippen LogP contribution in [0.2, 0.25) is 0 Å². The predicted molar refractivity (Wildman–Crippen MR) is 143 cm³/mol. The Bertz CT molecular complexity index is 1400. The molecule has 2 heterocycles. The fraction of sp³-hybridized carbons (Fsp3) is 0.448. The van der Waals surface area contributed by atoms with E-state index in [2.05, 4.69) is 26.1 Å². The first-order chi connectivity index (χ1) is 17.7. The largest absolute Gasteiger partial charge is 0.465 e. The number of para-hydroxylation sites is 1. The topological polar surface area (TPSA) is 94.6 Å². The molecule has 0 radical (unpaired) electrons. The minimum absolute atomic E-state index is 0.0999. The first-order valence-corrected chi connectivity index (χ1v) is 13.6. The Balaban J connectivity index is 1.38. The molecule has 0 saturated carbocycles. The molecule has 8 heteroatoms. The fourth-order valence-electron chi connectivity index (χ4n) is 5.54. The van der Waals surface area contributed by atoms with Crippen molar-refractivity contribution in [1.82, 2.24) is 4.98 Å². The molecule has 1 aromatic carbocycles. The number of carbonyl (C=O) groups excluding carboxylic acids is 3. The van der Waals surface area contributed by atoms with E-state index in [1.54, 1.807) is 0 Å². The number of thiophene rings is 1. The van der Waals surface area contributed by atoms with E-state index in [0.717, 1.165) is 71.1 Å². The van der Waals surface area contributed by atoms with Crippen LogP contribution in [0, 0.1) is 11.3 Å². The molecular weight excluding hydrogens is 488 g/mol. The smallest absolute Gasteiger partial charge is 0.341 e. The number of ether oxygens (including phenoxy) is 2. The zero-order valence-electron chi connectivity index (χ0n) is 21.7. The lowest BCUT2D eigenvalue weighted by Gasteiger charge is -2.35. The normalized spacial score (nSPS) is 16.7. The highest BCUT2D eigenvalue weighted by molar-refractivity contribution is 7.17. The second kappa shape index (κ2) is 9.89. The number of methoxy groups -OCH3 is 1. The van der Waals surface area contributed by atoms with E-state index in [9.17, 15) is 14.4 Å². The molecule has 7 nitrogen and oxygen atoms in total. The number of carbonyl (C=O) groups is 3. The van der Waals surface area contributed by atoms with Crippen molar-refractivity contribution in [3.63, 3.8) is 0 Å². The molecule has 2 aromatic heterocycles. The van der Waals surface area contributed by atoms with Gasteiger partial charge in [0.05, 0.1) is 23.8 Å². The van der Waals surface area contributed by atoms with Gasteiger partial charge in [0.15, 0.2) is 6.61 Å². The Kier molecular flexibility index (Phi) is 6.79. The van der Waals surface area contributed by atoms with Gasteiger partial charge in [-0.3, -0.25) is 9.78 Å². The number of aromatic nitrogens is 1. The molecule has 0 fully saturated rings. The summed E-state index contributed by atoms with van der Waals surface area (Å²) in [5.41, 5.74) is 4.59. The first-order valence-electron chi connectivity index (χ1n) is 12.8. The maximum absolute atomic E-state index is 13.5. The Hall–Kier alpha value is -3.26. The van der Waals surface area contributed by atoms with Gasteiger partial charge in [0.25, 0.3) is 5.91 Å². The van der Waals surface area contributed by atoms with E-state index < -0.39 is 24.5 Å². The number of fused-ring (bicyclic) bond motifs is 3. The number of aryl methyl sites for hydroxylation is 2. The van der Waals surface area contributed by atoms with Crippen molar-refractivity contribution in [3.8, 4) is 0 Å². The molecule has 0 bridgehead atoms. The van der Waals surface area contributed by atoms with E-state index >= 15 is 0 Å². The van der Waals surface area contributed by atoms with Gasteiger partial charge < -0.3 is 14.8 Å². The van der Waals surface area contributed by atoms with Crippen LogP contribution in [0.5, 0.6) is 0 Å². The van der Waals surface area contributed by atoms with E-state index in [4.69, 9.17) is 14.5 Å². The van der Waals surface area contributed by atoms with Crippen molar-refractivity contribution in [1.29, 1.82) is 0 Å². The molecule has 3 aromatic rings. The molecule has 2 aliphatic rings. The third-order valence-electron chi connectivity index (χ3n) is 7.59. The van der Waals surface area contributed by atoms with E-state index in [1.807, 2.05) is 24.3 Å². The van der Waals surface area contributed by atoms with E-state index in [1.165, 1.54) is 18.4 Å². The van der Waals surface area contributed by atoms with E-state index in [0.29, 0.717) is 22.0 Å². The molecule has 37 heavy (non-hydrogen) atoms. The first kappa shape index (κ1) is 25.4. The van der Waals surface area contributed by atoms with Gasteiger partial charge in [0, 0.05) is 16.0 Å². The molecular formula is C29H32N2O5S. The summed E-state index contributed by atoms with van der Waals surface area (Å²) in [7, 11) is 1.33. The van der Waals surface area contributed by atoms with Crippen LogP contribution in [0.25, 0.3) is 10.9 Å². The third-order valence-corrected chi connectivity index (χ3v) is 8.79. The molecule has 5 rings (SSSR count). The number of anilines is 1. The molecule has 0 saturated heterocycles. The number of amides is 1. The highest BCUT2D eigenvalue weighted by atomic mass is 32.1. The summed E-state index contributed by atoms with van der Waals surface area (Å²) < 4.78 is 10.5. The number of benzene rings is 1. The summed E-state index contributed by atoms with van der Waals surface area (Å²) in [4.78, 5) is 44.6. The van der Waals surface area contributed by atoms with Crippen LogP contribution in [-0.4, -0.2) is 36.5 Å². The lowest BCUT2D eigenvalue weighted by atomic mass is 9.70. The molecule has 194 valence electrons. The molecule has 2 aliphatic carbocycles. The van der Waals surface area contributed by atoms with Gasteiger partial charge in [-0.25, -0.2) is 9.59 Å². The molecule has 0 unspecified atom stereocenters. The summed E-state index contributed by atoms with van der Waals surface area (Å²) in [5.74, 6) is -1.06. The van der Waals surface area contributed by atoms with Gasteiger partial charge in [-0.05, 0) is 67.1 Å². The Morgan fingerprint density at radius 1 is 1.05 bits per heavy atom. The van der Waals surface area contributed by atoms with Gasteiger partial charge in [-0.1, -0.05) is 39.0 Å². The summed E-state index contributed by atoms with van der Waals surface area (Å²) in [6, 6.07) is 7.58. The Morgan fingerprint density at radius 3 is 2.59 bits per heavy atom. The number of rotatable bonds is 5. The number of nitrogens with zero attached hydrogens (tertiary/aromatic N) is 1. The number of hydrogen-bond acceptors (Lipinski definition) is 7. The average Bonchev–Trinajstić information content (AvgIpc) is 3.45. The van der Waals surface area contributed by atoms with Crippen molar-refractivity contribution >= 4 is 45.1 Å². The number of esters is 2. The van der Waals surface area contributed by atoms with Crippen LogP contribution in [0.15, 0.2) is 24.3 Å². The molecule has 1 atom stereocenters. The predicted octanol–water partition coefficient (Wildman–Crippen LogP) is 5.52. The van der Waals surface area contributed by atoms with Crippen molar-refractivity contribution in [2.45, 2.75) is 59.3 Å². The van der Waals surface area contributed by atoms with Gasteiger partial charge in [-0.2, -0.15) is 0 Å². The van der Waals surface area contributed by atoms with Crippen LogP contribution >= 0.6 is 11.3 Å². The average molecular weight is 521 g/mol. The summed E-state index contributed by atoms with van der Waals surface area (Å²) in [6.45, 7) is 6.23. The van der Waals surface area contributed by atoms with Gasteiger partial charge in [-0.15, -0.1) is 11.3 Å². The third kappa shape index (κ3) is 4.87. The SMILES string of the molecule is COC(=O)c1c(NC(=O)COC(=O)c2c3c(nc4ccccc24)CC[C@H](C(C)(C)C)C3)sc2c1CCC2. The molecule has 1 N–H and O–H groups in total. The van der Waals surface area contributed by atoms with Crippen molar-refractivity contribution in [2.24, 2.45) is 11.3 Å². The zero-order chi connectivity index (χ0) is 26.3. The standard InChI is InChI=1S/C29H32N2O5S/c1-29(2,3)16-12-13-21-19(14-16)24(17-8-5-6-10-20(17)30-21)28(34)36-15-23(32)31-26-25(27(33)35-4)18-9-7-11-22(18)37-26/h5-6,8,10,16H,7,9,11-15H2,1-4H3,(H,31,32)/t16-/m0/s1. The fourth-order valence-corrected chi connectivity index (χ4v) is 6.83. The molecule has 1 amide bonds. The van der Waals surface area contributed by atoms with Crippen LogP contribution < -0.4 is 5.32 Å². The highest BCUT2D eigenvalue weighted by Gasteiger charge is 2.33. The molecule has 0 aliphatic heterocycles. The number of pyridine rings is 1. The summed E-state index contributed by atoms with van der Waals surface area (Å²) in [5, 5.41) is 3.97. The maximum Gasteiger partial charge on any atom is 0.341 e. The van der Waals surface area contributed by atoms with Gasteiger partial charge in [0.1, 0.15) is 5.00 Å². The number of hydrogen-bond donors (Lipinski definition) is 1. The Morgan fingerprint density at radius 2 is 1.84 bits per heavy atom. The minimum atomic E-state index is -0.526. The second-order valence-electron chi connectivity index (χ2n) is 10.9. The highest BCUT2D eigenvalue weighted by Crippen LogP contribution is 2.41. The van der Waals surface area contributed by atoms with Crippen molar-refractivity contribution in [2.75, 3.05) is 19.0 Å². The summed E-state index contributed by atoms with van der Waals surface area (Å²) in [6.07, 6.45) is 5.23. The lowest BCUT2D eigenvalue weighted by molar-refractivity contribution is -0.119. The minimum Gasteiger partial charge on any atom is -0.465 e. The molecule has 0 spiro atoms. The van der Waals surface area contributed by atoms with Gasteiger partial charge in [0.2, 0.25) is 0 Å². The second-order valence-corrected chi connectivity index (χ2v) is 12.0. The zero-order valence-corrected chi connectivity index (χ0v) is 22.5. The monoisotopic (exact) mass is 520 g/mol. The van der Waals surface area contributed by atoms with Crippen LogP contribution in [0.1, 0.15) is 76.0 Å². The van der Waals surface area contributed by atoms with Crippen molar-refractivity contribution < 1.29 is 23.9 Å².